The van der Waals surface area contributed by atoms with Gasteiger partial charge in [-0.15, -0.1) is 0 Å². The Morgan fingerprint density at radius 2 is 1.70 bits per heavy atom. The second kappa shape index (κ2) is 8.30. The summed E-state index contributed by atoms with van der Waals surface area (Å²) < 4.78 is 33.4. The van der Waals surface area contributed by atoms with E-state index >= 15 is 0 Å². The fraction of sp³-hybridized carbons (Fsp3) is 0.174. The lowest BCUT2D eigenvalue weighted by Crippen LogP contribution is -2.26. The van der Waals surface area contributed by atoms with Crippen LogP contribution in [0, 0.1) is 6.92 Å². The highest BCUT2D eigenvalue weighted by Gasteiger charge is 2.28. The molecule has 1 saturated carbocycles. The average molecular weight is 423 g/mol. The van der Waals surface area contributed by atoms with Crippen LogP contribution in [-0.2, 0) is 10.0 Å². The SMILES string of the molecule is Cc1ccc(Oc2ccccc2NC(=O)c2cccc(S(=O)(=O)NC3CC3)c2)cc1. The highest BCUT2D eigenvalue weighted by molar-refractivity contribution is 7.89. The molecule has 30 heavy (non-hydrogen) atoms. The van der Waals surface area contributed by atoms with Gasteiger partial charge in [-0.1, -0.05) is 35.9 Å². The maximum absolute atomic E-state index is 12.8. The van der Waals surface area contributed by atoms with E-state index < -0.39 is 15.9 Å². The third-order valence-electron chi connectivity index (χ3n) is 4.69. The van der Waals surface area contributed by atoms with E-state index in [1.54, 1.807) is 30.3 Å². The topological polar surface area (TPSA) is 84.5 Å². The Bertz CT molecular complexity index is 1170. The number of sulfonamides is 1. The summed E-state index contributed by atoms with van der Waals surface area (Å²) in [6.07, 6.45) is 1.69. The molecule has 1 aliphatic rings. The lowest BCUT2D eigenvalue weighted by Gasteiger charge is -2.13. The van der Waals surface area contributed by atoms with Gasteiger partial charge in [0.05, 0.1) is 10.6 Å². The molecule has 1 amide bonds. The van der Waals surface area contributed by atoms with Gasteiger partial charge in [-0.05, 0) is 62.2 Å². The lowest BCUT2D eigenvalue weighted by molar-refractivity contribution is 0.102. The van der Waals surface area contributed by atoms with Crippen LogP contribution in [0.3, 0.4) is 0 Å². The van der Waals surface area contributed by atoms with E-state index in [1.807, 2.05) is 37.3 Å². The van der Waals surface area contributed by atoms with E-state index in [0.29, 0.717) is 17.2 Å². The second-order valence-corrected chi connectivity index (χ2v) is 9.00. The molecule has 0 bridgehead atoms. The first kappa shape index (κ1) is 20.1. The minimum atomic E-state index is -3.63. The van der Waals surface area contributed by atoms with Gasteiger partial charge in [0.25, 0.3) is 5.91 Å². The summed E-state index contributed by atoms with van der Waals surface area (Å²) in [6.45, 7) is 1.99. The Morgan fingerprint density at radius 1 is 0.967 bits per heavy atom. The van der Waals surface area contributed by atoms with E-state index in [0.717, 1.165) is 18.4 Å². The molecule has 4 rings (SSSR count). The molecular formula is C23H22N2O4S. The highest BCUT2D eigenvalue weighted by Crippen LogP contribution is 2.30. The van der Waals surface area contributed by atoms with Gasteiger partial charge in [0.2, 0.25) is 10.0 Å². The van der Waals surface area contributed by atoms with Crippen LogP contribution in [0.15, 0.2) is 77.7 Å². The van der Waals surface area contributed by atoms with Crippen molar-refractivity contribution in [1.82, 2.24) is 4.72 Å². The molecule has 0 saturated heterocycles. The molecule has 0 aliphatic heterocycles. The van der Waals surface area contributed by atoms with Gasteiger partial charge in [0.15, 0.2) is 5.75 Å². The summed E-state index contributed by atoms with van der Waals surface area (Å²) in [4.78, 5) is 12.9. The van der Waals surface area contributed by atoms with Crippen molar-refractivity contribution in [2.45, 2.75) is 30.7 Å². The van der Waals surface area contributed by atoms with Crippen LogP contribution in [0.25, 0.3) is 0 Å². The zero-order valence-corrected chi connectivity index (χ0v) is 17.3. The van der Waals surface area contributed by atoms with Gasteiger partial charge in [-0.2, -0.15) is 0 Å². The van der Waals surface area contributed by atoms with Crippen molar-refractivity contribution in [2.75, 3.05) is 5.32 Å². The normalized spacial score (nSPS) is 13.6. The molecule has 0 unspecified atom stereocenters. The van der Waals surface area contributed by atoms with Gasteiger partial charge in [0.1, 0.15) is 5.75 Å². The largest absolute Gasteiger partial charge is 0.455 e. The number of benzene rings is 3. The van der Waals surface area contributed by atoms with E-state index in [1.165, 1.54) is 12.1 Å². The molecule has 154 valence electrons. The fourth-order valence-corrected chi connectivity index (χ4v) is 4.23. The molecule has 7 heteroatoms. The second-order valence-electron chi connectivity index (χ2n) is 7.29. The van der Waals surface area contributed by atoms with E-state index in [2.05, 4.69) is 10.0 Å². The van der Waals surface area contributed by atoms with Crippen molar-refractivity contribution in [3.05, 3.63) is 83.9 Å². The molecule has 3 aromatic carbocycles. The number of carbonyl (C=O) groups is 1. The molecule has 6 nitrogen and oxygen atoms in total. The minimum Gasteiger partial charge on any atom is -0.455 e. The summed E-state index contributed by atoms with van der Waals surface area (Å²) in [5.74, 6) is 0.730. The van der Waals surface area contributed by atoms with Crippen LogP contribution in [-0.4, -0.2) is 20.4 Å². The van der Waals surface area contributed by atoms with Crippen LogP contribution in [0.5, 0.6) is 11.5 Å². The molecule has 0 aromatic heterocycles. The molecule has 1 aliphatic carbocycles. The number of ether oxygens (including phenoxy) is 1. The van der Waals surface area contributed by atoms with Crippen LogP contribution < -0.4 is 14.8 Å². The number of nitrogens with one attached hydrogen (secondary N) is 2. The molecule has 0 spiro atoms. The molecular weight excluding hydrogens is 400 g/mol. The number of hydrogen-bond acceptors (Lipinski definition) is 4. The standard InChI is InChI=1S/C23H22N2O4S/c1-16-9-13-19(14-10-16)29-22-8-3-2-7-21(22)24-23(26)17-5-4-6-20(15-17)30(27,28)25-18-11-12-18/h2-10,13-15,18,25H,11-12H2,1H3,(H,24,26). The Balaban J connectivity index is 1.53. The molecule has 3 aromatic rings. The zero-order valence-electron chi connectivity index (χ0n) is 16.5. The van der Waals surface area contributed by atoms with Gasteiger partial charge < -0.3 is 10.1 Å². The van der Waals surface area contributed by atoms with Crippen molar-refractivity contribution in [1.29, 1.82) is 0 Å². The van der Waals surface area contributed by atoms with Crippen molar-refractivity contribution >= 4 is 21.6 Å². The summed E-state index contributed by atoms with van der Waals surface area (Å²) in [7, 11) is -3.63. The molecule has 2 N–H and O–H groups in total. The first-order valence-electron chi connectivity index (χ1n) is 9.68. The Hall–Kier alpha value is -3.16. The first-order chi connectivity index (χ1) is 14.4. The van der Waals surface area contributed by atoms with Crippen LogP contribution in [0.2, 0.25) is 0 Å². The van der Waals surface area contributed by atoms with Gasteiger partial charge in [-0.25, -0.2) is 13.1 Å². The number of rotatable bonds is 7. The monoisotopic (exact) mass is 422 g/mol. The minimum absolute atomic E-state index is 0.00159. The number of anilines is 1. The number of aryl methyl sites for hydroxylation is 1. The number of amides is 1. The van der Waals surface area contributed by atoms with Crippen LogP contribution in [0.1, 0.15) is 28.8 Å². The maximum Gasteiger partial charge on any atom is 0.255 e. The molecule has 0 radical (unpaired) electrons. The van der Waals surface area contributed by atoms with Gasteiger partial charge in [-0.3, -0.25) is 4.79 Å². The predicted octanol–water partition coefficient (Wildman–Crippen LogP) is 4.48. The van der Waals surface area contributed by atoms with Crippen LogP contribution >= 0.6 is 0 Å². The fourth-order valence-electron chi connectivity index (χ4n) is 2.88. The quantitative estimate of drug-likeness (QED) is 0.588. The van der Waals surface area contributed by atoms with Crippen molar-refractivity contribution in [2.24, 2.45) is 0 Å². The lowest BCUT2D eigenvalue weighted by atomic mass is 10.2. The number of carbonyl (C=O) groups excluding carboxylic acids is 1. The van der Waals surface area contributed by atoms with Crippen molar-refractivity contribution in [3.8, 4) is 11.5 Å². The zero-order chi connectivity index (χ0) is 21.1. The van der Waals surface area contributed by atoms with E-state index in [-0.39, 0.29) is 16.5 Å². The van der Waals surface area contributed by atoms with Crippen LogP contribution in [0.4, 0.5) is 5.69 Å². The summed E-state index contributed by atoms with van der Waals surface area (Å²) in [6, 6.07) is 20.7. The molecule has 0 heterocycles. The maximum atomic E-state index is 12.8. The van der Waals surface area contributed by atoms with Gasteiger partial charge in [0, 0.05) is 11.6 Å². The average Bonchev–Trinajstić information content (AvgIpc) is 3.54. The third-order valence-corrected chi connectivity index (χ3v) is 6.21. The summed E-state index contributed by atoms with van der Waals surface area (Å²) in [5.41, 5.74) is 1.86. The number of para-hydroxylation sites is 2. The Morgan fingerprint density at radius 3 is 2.43 bits per heavy atom. The Labute approximate surface area is 176 Å². The van der Waals surface area contributed by atoms with Gasteiger partial charge >= 0.3 is 0 Å². The number of hydrogen-bond donors (Lipinski definition) is 2. The van der Waals surface area contributed by atoms with Crippen molar-refractivity contribution < 1.29 is 17.9 Å². The highest BCUT2D eigenvalue weighted by atomic mass is 32.2. The van der Waals surface area contributed by atoms with E-state index in [4.69, 9.17) is 4.74 Å². The molecule has 0 atom stereocenters. The first-order valence-corrected chi connectivity index (χ1v) is 11.2. The Kier molecular flexibility index (Phi) is 5.57. The molecule has 1 fully saturated rings. The van der Waals surface area contributed by atoms with E-state index in [9.17, 15) is 13.2 Å². The third kappa shape index (κ3) is 4.87. The van der Waals surface area contributed by atoms with Crippen molar-refractivity contribution in [3.63, 3.8) is 0 Å². The summed E-state index contributed by atoms with van der Waals surface area (Å²) in [5, 5.41) is 2.81. The summed E-state index contributed by atoms with van der Waals surface area (Å²) >= 11 is 0. The predicted molar refractivity (Wildman–Crippen MR) is 115 cm³/mol. The smallest absolute Gasteiger partial charge is 0.255 e.